The zero-order chi connectivity index (χ0) is 18.5. The SMILES string of the molecule is CCN(N)CCN(C=O)Cc1cccc(OC)c1.Cc1ccccn1. The van der Waals surface area contributed by atoms with Gasteiger partial charge < -0.3 is 9.64 Å². The summed E-state index contributed by atoms with van der Waals surface area (Å²) in [6.07, 6.45) is 2.64. The van der Waals surface area contributed by atoms with Crippen LogP contribution >= 0.6 is 0 Å². The van der Waals surface area contributed by atoms with Crippen molar-refractivity contribution in [3.05, 3.63) is 59.9 Å². The lowest BCUT2D eigenvalue weighted by Crippen LogP contribution is -2.38. The van der Waals surface area contributed by atoms with Gasteiger partial charge >= 0.3 is 0 Å². The molecule has 2 N–H and O–H groups in total. The number of hydrogen-bond donors (Lipinski definition) is 1. The first kappa shape index (κ1) is 20.6. The highest BCUT2D eigenvalue weighted by atomic mass is 16.5. The van der Waals surface area contributed by atoms with Gasteiger partial charge in [0.2, 0.25) is 6.41 Å². The molecule has 6 heteroatoms. The molecule has 0 radical (unpaired) electrons. The molecule has 0 aliphatic carbocycles. The summed E-state index contributed by atoms with van der Waals surface area (Å²) in [6.45, 7) is 6.57. The Morgan fingerprint density at radius 2 is 2.00 bits per heavy atom. The third-order valence-corrected chi connectivity index (χ3v) is 3.56. The van der Waals surface area contributed by atoms with Gasteiger partial charge in [0.1, 0.15) is 5.75 Å². The predicted octanol–water partition coefficient (Wildman–Crippen LogP) is 2.24. The van der Waals surface area contributed by atoms with E-state index in [1.165, 1.54) is 0 Å². The largest absolute Gasteiger partial charge is 0.497 e. The number of carbonyl (C=O) groups is 1. The van der Waals surface area contributed by atoms with Crippen molar-refractivity contribution in [3.63, 3.8) is 0 Å². The number of nitrogens with zero attached hydrogens (tertiary/aromatic N) is 3. The Morgan fingerprint density at radius 1 is 1.20 bits per heavy atom. The molecule has 2 rings (SSSR count). The summed E-state index contributed by atoms with van der Waals surface area (Å²) in [4.78, 5) is 16.7. The lowest BCUT2D eigenvalue weighted by molar-refractivity contribution is -0.118. The lowest BCUT2D eigenvalue weighted by Gasteiger charge is -2.21. The maximum Gasteiger partial charge on any atom is 0.210 e. The van der Waals surface area contributed by atoms with Gasteiger partial charge in [-0.25, -0.2) is 5.01 Å². The van der Waals surface area contributed by atoms with Crippen LogP contribution in [-0.4, -0.2) is 48.0 Å². The number of amides is 1. The van der Waals surface area contributed by atoms with Crippen LogP contribution < -0.4 is 10.6 Å². The van der Waals surface area contributed by atoms with Crippen LogP contribution in [0.4, 0.5) is 0 Å². The fourth-order valence-electron chi connectivity index (χ4n) is 2.04. The van der Waals surface area contributed by atoms with E-state index in [0.29, 0.717) is 19.6 Å². The highest BCUT2D eigenvalue weighted by Gasteiger charge is 2.05. The normalized spacial score (nSPS) is 9.96. The molecule has 0 saturated carbocycles. The molecule has 1 heterocycles. The van der Waals surface area contributed by atoms with Crippen LogP contribution in [0.2, 0.25) is 0 Å². The van der Waals surface area contributed by atoms with Gasteiger partial charge in [0.15, 0.2) is 0 Å². The Kier molecular flexibility index (Phi) is 9.89. The van der Waals surface area contributed by atoms with Crippen molar-refractivity contribution in [2.24, 2.45) is 5.84 Å². The highest BCUT2D eigenvalue weighted by Crippen LogP contribution is 2.13. The molecular weight excluding hydrogens is 316 g/mol. The van der Waals surface area contributed by atoms with E-state index in [1.807, 2.05) is 56.3 Å². The number of pyridine rings is 1. The molecule has 0 spiro atoms. The molecule has 0 fully saturated rings. The molecule has 0 aliphatic heterocycles. The standard InChI is InChI=1S/C13H21N3O2.C6H7N/c1-3-16(14)8-7-15(11-17)10-12-5-4-6-13(9-12)18-2;1-6-4-2-3-5-7-6/h4-6,9,11H,3,7-8,10,14H2,1-2H3;2-5H,1H3. The number of ether oxygens (including phenoxy) is 1. The fourth-order valence-corrected chi connectivity index (χ4v) is 2.04. The number of aromatic nitrogens is 1. The van der Waals surface area contributed by atoms with Gasteiger partial charge in [-0.1, -0.05) is 25.1 Å². The lowest BCUT2D eigenvalue weighted by atomic mass is 10.2. The van der Waals surface area contributed by atoms with Crippen LogP contribution in [0.15, 0.2) is 48.7 Å². The molecule has 0 bridgehead atoms. The van der Waals surface area contributed by atoms with Gasteiger partial charge in [-0.15, -0.1) is 0 Å². The molecule has 1 aromatic heterocycles. The van der Waals surface area contributed by atoms with E-state index in [0.717, 1.165) is 30.0 Å². The minimum Gasteiger partial charge on any atom is -0.497 e. The molecule has 25 heavy (non-hydrogen) atoms. The van der Waals surface area contributed by atoms with Crippen LogP contribution in [0.3, 0.4) is 0 Å². The van der Waals surface area contributed by atoms with Crippen LogP contribution in [0.25, 0.3) is 0 Å². The number of benzene rings is 1. The Labute approximate surface area is 150 Å². The van der Waals surface area contributed by atoms with Gasteiger partial charge in [-0.3, -0.25) is 15.6 Å². The Bertz CT molecular complexity index is 607. The topological polar surface area (TPSA) is 71.7 Å². The van der Waals surface area contributed by atoms with Crippen molar-refractivity contribution in [2.45, 2.75) is 20.4 Å². The molecule has 2 aromatic rings. The van der Waals surface area contributed by atoms with Crippen LogP contribution in [0.1, 0.15) is 18.2 Å². The second-order valence-corrected chi connectivity index (χ2v) is 5.53. The highest BCUT2D eigenvalue weighted by molar-refractivity contribution is 5.47. The maximum absolute atomic E-state index is 11.0. The van der Waals surface area contributed by atoms with E-state index in [4.69, 9.17) is 10.6 Å². The number of rotatable bonds is 8. The number of carbonyl (C=O) groups excluding carboxylic acids is 1. The van der Waals surface area contributed by atoms with Gasteiger partial charge in [0, 0.05) is 38.1 Å². The summed E-state index contributed by atoms with van der Waals surface area (Å²) in [5.74, 6) is 6.48. The quantitative estimate of drug-likeness (QED) is 0.452. The Balaban J connectivity index is 0.000000370. The van der Waals surface area contributed by atoms with E-state index in [1.54, 1.807) is 23.2 Å². The maximum atomic E-state index is 11.0. The summed E-state index contributed by atoms with van der Waals surface area (Å²) < 4.78 is 5.15. The molecule has 1 amide bonds. The summed E-state index contributed by atoms with van der Waals surface area (Å²) in [7, 11) is 1.63. The number of likely N-dealkylation sites (N-methyl/N-ethyl adjacent to an activating group) is 1. The minimum absolute atomic E-state index is 0.568. The van der Waals surface area contributed by atoms with Crippen LogP contribution in [0.5, 0.6) is 5.75 Å². The van der Waals surface area contributed by atoms with Crippen molar-refractivity contribution in [1.82, 2.24) is 14.9 Å². The van der Waals surface area contributed by atoms with Crippen molar-refractivity contribution in [1.29, 1.82) is 0 Å². The summed E-state index contributed by atoms with van der Waals surface area (Å²) in [6, 6.07) is 13.6. The van der Waals surface area contributed by atoms with Gasteiger partial charge in [-0.05, 0) is 36.8 Å². The average Bonchev–Trinajstić information content (AvgIpc) is 2.66. The molecule has 6 nitrogen and oxygen atoms in total. The van der Waals surface area contributed by atoms with E-state index < -0.39 is 0 Å². The Hall–Kier alpha value is -2.44. The van der Waals surface area contributed by atoms with E-state index in [-0.39, 0.29) is 0 Å². The van der Waals surface area contributed by atoms with Crippen LogP contribution in [-0.2, 0) is 11.3 Å². The third-order valence-electron chi connectivity index (χ3n) is 3.56. The molecular formula is C19H28N4O2. The van der Waals surface area contributed by atoms with Crippen molar-refractivity contribution < 1.29 is 9.53 Å². The first-order chi connectivity index (χ1) is 12.1. The van der Waals surface area contributed by atoms with E-state index in [9.17, 15) is 4.79 Å². The average molecular weight is 344 g/mol. The Morgan fingerprint density at radius 3 is 2.52 bits per heavy atom. The molecule has 0 atom stereocenters. The zero-order valence-corrected chi connectivity index (χ0v) is 15.3. The molecule has 0 aliphatic rings. The molecule has 0 saturated heterocycles. The molecule has 0 unspecified atom stereocenters. The van der Waals surface area contributed by atoms with E-state index in [2.05, 4.69) is 4.98 Å². The van der Waals surface area contributed by atoms with Gasteiger partial charge in [-0.2, -0.15) is 0 Å². The summed E-state index contributed by atoms with van der Waals surface area (Å²) in [5.41, 5.74) is 2.11. The monoisotopic (exact) mass is 344 g/mol. The number of hydrogen-bond acceptors (Lipinski definition) is 5. The predicted molar refractivity (Wildman–Crippen MR) is 99.9 cm³/mol. The number of nitrogens with two attached hydrogens (primary N) is 1. The minimum atomic E-state index is 0.568. The summed E-state index contributed by atoms with van der Waals surface area (Å²) >= 11 is 0. The number of aryl methyl sites for hydroxylation is 1. The third kappa shape index (κ3) is 8.83. The molecule has 1 aromatic carbocycles. The van der Waals surface area contributed by atoms with Gasteiger partial charge in [0.05, 0.1) is 7.11 Å². The zero-order valence-electron chi connectivity index (χ0n) is 15.3. The van der Waals surface area contributed by atoms with Crippen molar-refractivity contribution >= 4 is 6.41 Å². The van der Waals surface area contributed by atoms with Crippen molar-refractivity contribution in [3.8, 4) is 5.75 Å². The van der Waals surface area contributed by atoms with Crippen LogP contribution in [0, 0.1) is 6.92 Å². The second kappa shape index (κ2) is 12.0. The second-order valence-electron chi connectivity index (χ2n) is 5.53. The smallest absolute Gasteiger partial charge is 0.210 e. The fraction of sp³-hybridized carbons (Fsp3) is 0.368. The summed E-state index contributed by atoms with van der Waals surface area (Å²) in [5, 5.41) is 1.68. The van der Waals surface area contributed by atoms with E-state index >= 15 is 0 Å². The number of methoxy groups -OCH3 is 1. The van der Waals surface area contributed by atoms with Gasteiger partial charge in [0.25, 0.3) is 0 Å². The first-order valence-electron chi connectivity index (χ1n) is 8.28. The van der Waals surface area contributed by atoms with Crippen molar-refractivity contribution in [2.75, 3.05) is 26.7 Å². The molecule has 136 valence electrons. The number of hydrazine groups is 1. The first-order valence-corrected chi connectivity index (χ1v) is 8.28.